The number of halogens is 1. The van der Waals surface area contributed by atoms with Gasteiger partial charge in [0.2, 0.25) is 0 Å². The Bertz CT molecular complexity index is 1150. The molecule has 9 heteroatoms. The second-order valence-corrected chi connectivity index (χ2v) is 25.2. The number of nitrogens with zero attached hydrogens (tertiary/aromatic N) is 1. The van der Waals surface area contributed by atoms with Crippen molar-refractivity contribution in [1.82, 2.24) is 4.90 Å². The van der Waals surface area contributed by atoms with Gasteiger partial charge in [-0.05, 0) is 0 Å². The van der Waals surface area contributed by atoms with Crippen molar-refractivity contribution in [3.05, 3.63) is 52.1 Å². The molecule has 0 saturated carbocycles. The quantitative estimate of drug-likeness (QED) is 0.393. The van der Waals surface area contributed by atoms with Crippen LogP contribution in [0, 0.1) is 5.82 Å². The number of ketones is 1. The number of Topliss-reactive ketones (excluding diaryl/α,β-unsaturated/α-hetero) is 1. The summed E-state index contributed by atoms with van der Waals surface area (Å²) in [6, 6.07) is 4.80. The third kappa shape index (κ3) is 4.30. The number of hydrogen-bond acceptors (Lipinski definition) is 6. The Balaban J connectivity index is 1.97. The first kappa shape index (κ1) is 24.9. The van der Waals surface area contributed by atoms with Crippen LogP contribution in [-0.2, 0) is 23.8 Å². The molecule has 3 aliphatic heterocycles. The Hall–Kier alpha value is -2.20. The van der Waals surface area contributed by atoms with E-state index in [9.17, 15) is 18.8 Å². The van der Waals surface area contributed by atoms with Gasteiger partial charge in [0, 0.05) is 0 Å². The van der Waals surface area contributed by atoms with E-state index in [1.54, 1.807) is 39.8 Å². The van der Waals surface area contributed by atoms with Crippen molar-refractivity contribution in [1.29, 1.82) is 0 Å². The number of hydrogen-bond donors (Lipinski definition) is 0. The van der Waals surface area contributed by atoms with Gasteiger partial charge in [-0.1, -0.05) is 0 Å². The van der Waals surface area contributed by atoms with E-state index in [0.717, 1.165) is 0 Å². The van der Waals surface area contributed by atoms with Gasteiger partial charge in [-0.3, -0.25) is 0 Å². The molecule has 0 aromatic heterocycles. The summed E-state index contributed by atoms with van der Waals surface area (Å²) in [5, 5.41) is 0. The van der Waals surface area contributed by atoms with Crippen molar-refractivity contribution in [2.24, 2.45) is 0 Å². The van der Waals surface area contributed by atoms with E-state index in [1.165, 1.54) is 11.0 Å². The van der Waals surface area contributed by atoms with Crippen LogP contribution < -0.4 is 3.58 Å². The molecule has 2 atom stereocenters. The number of amides is 1. The number of esters is 1. The van der Waals surface area contributed by atoms with E-state index in [2.05, 4.69) is 14.8 Å². The monoisotopic (exact) mass is 579 g/mol. The Morgan fingerprint density at radius 2 is 1.82 bits per heavy atom. The molecule has 0 aliphatic carbocycles. The summed E-state index contributed by atoms with van der Waals surface area (Å²) in [5.74, 6) is -1.98. The summed E-state index contributed by atoms with van der Waals surface area (Å²) in [6.07, 6.45) is -1.44. The van der Waals surface area contributed by atoms with Gasteiger partial charge in [-0.15, -0.1) is 0 Å². The fourth-order valence-electron chi connectivity index (χ4n) is 4.68. The molecule has 3 aliphatic rings. The summed E-state index contributed by atoms with van der Waals surface area (Å²) < 4.78 is 32.1. The predicted molar refractivity (Wildman–Crippen MR) is 126 cm³/mol. The van der Waals surface area contributed by atoms with E-state index in [-0.39, 0.29) is 30.4 Å². The van der Waals surface area contributed by atoms with Crippen LogP contribution in [0.4, 0.5) is 9.18 Å². The molecule has 3 heterocycles. The van der Waals surface area contributed by atoms with Gasteiger partial charge in [0.15, 0.2) is 0 Å². The van der Waals surface area contributed by atoms with Crippen LogP contribution in [0.3, 0.4) is 0 Å². The standard InChI is InChI=1S/C22H21FNO6.3CH3.Sn/c1-11-19-18(20(26)29-11)16(12-5-7-13(23)8-6-12)17-14(9-28-10-15(17)25)24(19)21(27)30-22(2,3)4;;;;/h5-7,11,16H,9-10H2,1-4H3;3*1H3;/t11-,16-;;;;/m0..../s1. The number of carbonyl (C=O) groups is 3. The van der Waals surface area contributed by atoms with Crippen LogP contribution in [0.15, 0.2) is 40.7 Å². The molecule has 0 N–H and O–H groups in total. The minimum absolute atomic E-state index is 0.00105. The predicted octanol–water partition coefficient (Wildman–Crippen LogP) is 3.76. The van der Waals surface area contributed by atoms with Crippen molar-refractivity contribution >= 4 is 39.8 Å². The van der Waals surface area contributed by atoms with Crippen LogP contribution in [-0.4, -0.2) is 66.0 Å². The van der Waals surface area contributed by atoms with Crippen LogP contribution in [0.5, 0.6) is 0 Å². The average Bonchev–Trinajstić information content (AvgIpc) is 2.99. The van der Waals surface area contributed by atoms with Gasteiger partial charge in [0.25, 0.3) is 0 Å². The molecule has 0 spiro atoms. The number of rotatable bonds is 2. The number of ether oxygens (including phenoxy) is 3. The van der Waals surface area contributed by atoms with Gasteiger partial charge in [-0.25, -0.2) is 0 Å². The van der Waals surface area contributed by atoms with Gasteiger partial charge in [0.05, 0.1) is 0 Å². The van der Waals surface area contributed by atoms with Crippen molar-refractivity contribution in [2.45, 2.75) is 60.1 Å². The molecule has 0 saturated heterocycles. The van der Waals surface area contributed by atoms with Crippen molar-refractivity contribution in [3.8, 4) is 0 Å². The second kappa shape index (κ2) is 8.48. The molecular weight excluding hydrogens is 548 g/mol. The van der Waals surface area contributed by atoms with Gasteiger partial charge in [0.1, 0.15) is 0 Å². The minimum atomic E-state index is -2.88. The summed E-state index contributed by atoms with van der Waals surface area (Å²) in [4.78, 5) is 47.2. The molecule has 0 bridgehead atoms. The van der Waals surface area contributed by atoms with Gasteiger partial charge < -0.3 is 0 Å². The van der Waals surface area contributed by atoms with Crippen molar-refractivity contribution in [3.63, 3.8) is 0 Å². The van der Waals surface area contributed by atoms with Crippen molar-refractivity contribution < 1.29 is 33.0 Å². The van der Waals surface area contributed by atoms with E-state index >= 15 is 0 Å². The molecule has 1 aromatic carbocycles. The van der Waals surface area contributed by atoms with Crippen LogP contribution in [0.25, 0.3) is 0 Å². The molecule has 4 rings (SSSR count). The molecule has 7 nitrogen and oxygen atoms in total. The summed E-state index contributed by atoms with van der Waals surface area (Å²) in [6.45, 7) is 6.72. The SMILES string of the molecule is C[C@@H]1OC(=O)C2=C1N(C(=O)OC(C)(C)C)C1=C(C(=O)COC1)[C@@H]2c1ccc(F)[c]([Sn]([CH3])([CH3])[CH3])c1. The van der Waals surface area contributed by atoms with E-state index in [4.69, 9.17) is 14.2 Å². The molecule has 0 radical (unpaired) electrons. The Morgan fingerprint density at radius 3 is 2.44 bits per heavy atom. The summed E-state index contributed by atoms with van der Waals surface area (Å²) in [5.41, 5.74) is 1.02. The van der Waals surface area contributed by atoms with Crippen molar-refractivity contribution in [2.75, 3.05) is 13.2 Å². The second-order valence-electron chi connectivity index (χ2n) is 10.9. The molecule has 34 heavy (non-hydrogen) atoms. The number of carbonyl (C=O) groups excluding carboxylic acids is 3. The first-order chi connectivity index (χ1) is 15.7. The summed E-state index contributed by atoms with van der Waals surface area (Å²) in [7, 11) is 0. The van der Waals surface area contributed by atoms with Crippen LogP contribution in [0.2, 0.25) is 14.8 Å². The zero-order valence-electron chi connectivity index (χ0n) is 20.6. The van der Waals surface area contributed by atoms with Crippen LogP contribution >= 0.6 is 0 Å². The topological polar surface area (TPSA) is 82.1 Å². The average molecular weight is 578 g/mol. The first-order valence-corrected chi connectivity index (χ1v) is 21.3. The zero-order chi connectivity index (χ0) is 25.2. The van der Waals surface area contributed by atoms with Crippen LogP contribution in [0.1, 0.15) is 39.2 Å². The molecular formula is C25H30FNO6Sn. The van der Waals surface area contributed by atoms with E-state index in [0.29, 0.717) is 26.1 Å². The van der Waals surface area contributed by atoms with E-state index < -0.39 is 48.1 Å². The van der Waals surface area contributed by atoms with Gasteiger partial charge in [-0.2, -0.15) is 0 Å². The molecule has 0 unspecified atom stereocenters. The molecule has 182 valence electrons. The Kier molecular flexibility index (Phi) is 6.21. The molecule has 1 amide bonds. The van der Waals surface area contributed by atoms with E-state index in [1.807, 2.05) is 0 Å². The third-order valence-electron chi connectivity index (χ3n) is 6.04. The summed E-state index contributed by atoms with van der Waals surface area (Å²) >= 11 is -2.88. The normalized spacial score (nSPS) is 23.1. The van der Waals surface area contributed by atoms with Gasteiger partial charge >= 0.3 is 203 Å². The first-order valence-electron chi connectivity index (χ1n) is 11.3. The number of benzene rings is 1. The Labute approximate surface area is 202 Å². The molecule has 1 aromatic rings. The fourth-order valence-corrected chi connectivity index (χ4v) is 8.67. The zero-order valence-corrected chi connectivity index (χ0v) is 23.4. The molecule has 0 fully saturated rings. The maximum absolute atomic E-state index is 14.8. The maximum atomic E-state index is 14.8. The Morgan fingerprint density at radius 1 is 1.15 bits per heavy atom. The third-order valence-corrected chi connectivity index (χ3v) is 11.7. The fraction of sp³-hybridized carbons (Fsp3) is 0.480. The number of cyclic esters (lactones) is 1.